The van der Waals surface area contributed by atoms with Crippen LogP contribution in [0.1, 0.15) is 135 Å². The second-order valence-corrected chi connectivity index (χ2v) is 27.4. The highest BCUT2D eigenvalue weighted by Crippen LogP contribution is 2.57. The van der Waals surface area contributed by atoms with E-state index >= 15 is 0 Å². The van der Waals surface area contributed by atoms with Crippen LogP contribution < -0.4 is 30.4 Å². The van der Waals surface area contributed by atoms with Crippen LogP contribution in [0.15, 0.2) is 170 Å². The molecule has 0 saturated carbocycles. The summed E-state index contributed by atoms with van der Waals surface area (Å²) in [4.78, 5) is 7.99. The molecular formula is C71H72BN3S. The van der Waals surface area contributed by atoms with Crippen molar-refractivity contribution in [3.63, 3.8) is 0 Å². The van der Waals surface area contributed by atoms with Gasteiger partial charge >= 0.3 is 0 Å². The minimum Gasteiger partial charge on any atom is -0.311 e. The number of fused-ring (bicyclic) bond motifs is 9. The Morgan fingerprint density at radius 2 is 1.08 bits per heavy atom. The lowest BCUT2D eigenvalue weighted by molar-refractivity contribution is 0.331. The van der Waals surface area contributed by atoms with Crippen molar-refractivity contribution in [1.29, 1.82) is 0 Å². The molecule has 3 nitrogen and oxygen atoms in total. The zero-order chi connectivity index (χ0) is 52.8. The van der Waals surface area contributed by atoms with E-state index in [1.165, 1.54) is 111 Å². The van der Waals surface area contributed by atoms with E-state index in [-0.39, 0.29) is 33.8 Å². The average Bonchev–Trinajstić information content (AvgIpc) is 3.85. The predicted octanol–water partition coefficient (Wildman–Crippen LogP) is 18.4. The summed E-state index contributed by atoms with van der Waals surface area (Å²) in [6.45, 7) is 29.2. The first kappa shape index (κ1) is 48.8. The van der Waals surface area contributed by atoms with E-state index in [0.717, 1.165) is 36.3 Å². The van der Waals surface area contributed by atoms with Gasteiger partial charge < -0.3 is 14.7 Å². The zero-order valence-corrected chi connectivity index (χ0v) is 47.6. The van der Waals surface area contributed by atoms with Gasteiger partial charge in [0.05, 0.1) is 17.1 Å². The fourth-order valence-corrected chi connectivity index (χ4v) is 15.1. The summed E-state index contributed by atoms with van der Waals surface area (Å²) in [7, 11) is 0. The molecule has 2 aliphatic heterocycles. The number of nitrogens with zero attached hydrogens (tertiary/aromatic N) is 3. The lowest BCUT2D eigenvalue weighted by Gasteiger charge is -2.50. The highest BCUT2D eigenvalue weighted by atomic mass is 32.1. The first-order valence-electron chi connectivity index (χ1n) is 28.0. The monoisotopic (exact) mass is 1010 g/mol. The van der Waals surface area contributed by atoms with E-state index in [4.69, 9.17) is 0 Å². The van der Waals surface area contributed by atoms with Gasteiger partial charge in [-0.05, 0) is 177 Å². The van der Waals surface area contributed by atoms with Crippen LogP contribution in [0, 0.1) is 6.92 Å². The lowest BCUT2D eigenvalue weighted by Crippen LogP contribution is -2.61. The van der Waals surface area contributed by atoms with Gasteiger partial charge in [-0.2, -0.15) is 0 Å². The van der Waals surface area contributed by atoms with E-state index in [2.05, 4.69) is 268 Å². The Balaban J connectivity index is 1.23. The third-order valence-corrected chi connectivity index (χ3v) is 19.5. The summed E-state index contributed by atoms with van der Waals surface area (Å²) in [6.07, 6.45) is 4.60. The Kier molecular flexibility index (Phi) is 11.0. The van der Waals surface area contributed by atoms with E-state index in [9.17, 15) is 0 Å². The van der Waals surface area contributed by atoms with Gasteiger partial charge in [0.1, 0.15) is 0 Å². The minimum absolute atomic E-state index is 0.00877. The standard InChI is InChI=1S/C71H72BN3S/c1-45-28-35-61-53(40-45)64-66(76-61)72-57-33-32-55-62(71(11,12)39-38-69(55,7)8)65(57)74(50-30-31-54-56(42-50)70(9,10)37-36-68(54,5)6)59-43-51(73(48-24-18-14-19-25-48)49-26-20-15-21-27-49)44-60(63(59)72)75(64)58-34-29-47(67(2,3)4)41-52(58)46-22-16-13-17-23-46/h13-35,40-44H,36-39H2,1-12H3. The molecule has 0 fully saturated rings. The Morgan fingerprint density at radius 3 is 1.72 bits per heavy atom. The fraction of sp³-hybridized carbons (Fsp3) is 0.296. The zero-order valence-electron chi connectivity index (χ0n) is 46.8. The molecule has 9 aromatic rings. The van der Waals surface area contributed by atoms with Crippen molar-refractivity contribution in [2.45, 2.75) is 136 Å². The molecule has 0 radical (unpaired) electrons. The van der Waals surface area contributed by atoms with Crippen LogP contribution in [0.2, 0.25) is 0 Å². The maximum atomic E-state index is 2.78. The third kappa shape index (κ3) is 7.57. The topological polar surface area (TPSA) is 9.72 Å². The Bertz CT molecular complexity index is 3740. The minimum atomic E-state index is -0.0812. The summed E-state index contributed by atoms with van der Waals surface area (Å²) in [5, 5.41) is 1.31. The molecule has 0 spiro atoms. The largest absolute Gasteiger partial charge is 0.311 e. The second-order valence-electron chi connectivity index (χ2n) is 26.4. The highest BCUT2D eigenvalue weighted by molar-refractivity contribution is 7.33. The summed E-state index contributed by atoms with van der Waals surface area (Å²) in [5.74, 6) is 0. The summed E-state index contributed by atoms with van der Waals surface area (Å²) < 4.78 is 2.73. The van der Waals surface area contributed by atoms with E-state index in [1.54, 1.807) is 0 Å². The van der Waals surface area contributed by atoms with Crippen LogP contribution in [-0.4, -0.2) is 6.71 Å². The van der Waals surface area contributed by atoms with Crippen molar-refractivity contribution in [3.05, 3.63) is 203 Å². The van der Waals surface area contributed by atoms with Gasteiger partial charge in [-0.3, -0.25) is 0 Å². The van der Waals surface area contributed by atoms with Crippen LogP contribution in [0.5, 0.6) is 0 Å². The van der Waals surface area contributed by atoms with Crippen LogP contribution in [0.4, 0.5) is 51.2 Å². The Hall–Kier alpha value is -6.82. The molecule has 4 aliphatic rings. The third-order valence-electron chi connectivity index (χ3n) is 18.3. The molecule has 8 aromatic carbocycles. The number of thiophene rings is 1. The molecular weight excluding hydrogens is 938 g/mol. The molecule has 0 N–H and O–H groups in total. The first-order chi connectivity index (χ1) is 36.2. The van der Waals surface area contributed by atoms with Crippen molar-refractivity contribution in [2.24, 2.45) is 0 Å². The molecule has 0 saturated heterocycles. The molecule has 76 heavy (non-hydrogen) atoms. The van der Waals surface area contributed by atoms with E-state index in [0.29, 0.717) is 0 Å². The van der Waals surface area contributed by atoms with Crippen LogP contribution in [0.3, 0.4) is 0 Å². The van der Waals surface area contributed by atoms with Crippen molar-refractivity contribution in [1.82, 2.24) is 0 Å². The van der Waals surface area contributed by atoms with E-state index in [1.807, 2.05) is 11.3 Å². The number of anilines is 9. The molecule has 380 valence electrons. The van der Waals surface area contributed by atoms with E-state index < -0.39 is 0 Å². The van der Waals surface area contributed by atoms with Crippen LogP contribution >= 0.6 is 11.3 Å². The summed E-state index contributed by atoms with van der Waals surface area (Å²) >= 11 is 2.00. The molecule has 0 unspecified atom stereocenters. The number of para-hydroxylation sites is 2. The Morgan fingerprint density at radius 1 is 0.500 bits per heavy atom. The van der Waals surface area contributed by atoms with Gasteiger partial charge in [-0.25, -0.2) is 0 Å². The number of aryl methyl sites for hydroxylation is 1. The lowest BCUT2D eigenvalue weighted by atomic mass is 9.35. The van der Waals surface area contributed by atoms with Gasteiger partial charge in [-0.1, -0.05) is 179 Å². The number of rotatable bonds is 6. The van der Waals surface area contributed by atoms with Gasteiger partial charge in [0.2, 0.25) is 0 Å². The molecule has 5 heteroatoms. The van der Waals surface area contributed by atoms with Gasteiger partial charge in [0.25, 0.3) is 6.71 Å². The van der Waals surface area contributed by atoms with Crippen LogP contribution in [0.25, 0.3) is 21.2 Å². The smallest absolute Gasteiger partial charge is 0.264 e. The normalized spacial score (nSPS) is 17.3. The van der Waals surface area contributed by atoms with Crippen LogP contribution in [-0.2, 0) is 27.1 Å². The molecule has 0 atom stereocenters. The molecule has 1 aromatic heterocycles. The maximum Gasteiger partial charge on any atom is 0.264 e. The maximum absolute atomic E-state index is 2.78. The van der Waals surface area contributed by atoms with Crippen molar-refractivity contribution < 1.29 is 0 Å². The number of hydrogen-bond acceptors (Lipinski definition) is 4. The Labute approximate surface area is 457 Å². The summed E-state index contributed by atoms with van der Waals surface area (Å²) in [6, 6.07) is 65.6. The number of hydrogen-bond donors (Lipinski definition) is 0. The van der Waals surface area contributed by atoms with Crippen molar-refractivity contribution in [3.8, 4) is 11.1 Å². The molecule has 0 bridgehead atoms. The van der Waals surface area contributed by atoms with Crippen molar-refractivity contribution >= 4 is 95.0 Å². The SMILES string of the molecule is Cc1ccc2sc3c(c2c1)N(c1ccc(C(C)(C)C)cc1-c1ccccc1)c1cc(N(c2ccccc2)c2ccccc2)cc2c1B3c1ccc3c(c1N2c1ccc2c(c1)C(C)(C)CCC2(C)C)C(C)(C)CCC3(C)C. The van der Waals surface area contributed by atoms with Gasteiger partial charge in [0.15, 0.2) is 0 Å². The fourth-order valence-electron chi connectivity index (χ4n) is 13.8. The highest BCUT2D eigenvalue weighted by Gasteiger charge is 2.50. The quantitative estimate of drug-likeness (QED) is 0.154. The predicted molar refractivity (Wildman–Crippen MR) is 330 cm³/mol. The van der Waals surface area contributed by atoms with Gasteiger partial charge in [0, 0.05) is 54.6 Å². The van der Waals surface area contributed by atoms with Crippen molar-refractivity contribution in [2.75, 3.05) is 14.7 Å². The summed E-state index contributed by atoms with van der Waals surface area (Å²) in [5.41, 5.74) is 24.7. The van der Waals surface area contributed by atoms with Gasteiger partial charge in [-0.15, -0.1) is 11.3 Å². The number of benzene rings is 8. The molecule has 13 rings (SSSR count). The molecule has 3 heterocycles. The first-order valence-corrected chi connectivity index (χ1v) is 28.8. The average molecular weight is 1010 g/mol. The second kappa shape index (κ2) is 17.1. The molecule has 0 amide bonds. The molecule has 2 aliphatic carbocycles.